The van der Waals surface area contributed by atoms with Crippen LogP contribution in [0.1, 0.15) is 46.5 Å². The maximum atomic E-state index is 10.3. The highest BCUT2D eigenvalue weighted by Crippen LogP contribution is 2.23. The van der Waals surface area contributed by atoms with Crippen LogP contribution in [0.2, 0.25) is 0 Å². The first-order valence-corrected chi connectivity index (χ1v) is 6.60. The van der Waals surface area contributed by atoms with Crippen LogP contribution in [0.4, 0.5) is 0 Å². The molecule has 0 amide bonds. The lowest BCUT2D eigenvalue weighted by Gasteiger charge is -2.43. The van der Waals surface area contributed by atoms with Crippen molar-refractivity contribution in [1.29, 1.82) is 0 Å². The molecule has 3 nitrogen and oxygen atoms in total. The molecular formula is C13H27NO2. The Morgan fingerprint density at radius 1 is 1.25 bits per heavy atom. The third kappa shape index (κ3) is 3.72. The van der Waals surface area contributed by atoms with Gasteiger partial charge in [-0.3, -0.25) is 4.90 Å². The highest BCUT2D eigenvalue weighted by molar-refractivity contribution is 4.89. The Kier molecular flexibility index (Phi) is 5.73. The lowest BCUT2D eigenvalue weighted by atomic mass is 9.90. The van der Waals surface area contributed by atoms with E-state index < -0.39 is 0 Å². The van der Waals surface area contributed by atoms with Crippen LogP contribution in [-0.4, -0.2) is 48.0 Å². The Morgan fingerprint density at radius 3 is 2.44 bits per heavy atom. The molecule has 1 saturated heterocycles. The second-order valence-corrected chi connectivity index (χ2v) is 5.26. The van der Waals surface area contributed by atoms with E-state index in [2.05, 4.69) is 25.7 Å². The second-order valence-electron chi connectivity index (χ2n) is 5.26. The lowest BCUT2D eigenvalue weighted by molar-refractivity contribution is -0.0642. The van der Waals surface area contributed by atoms with Gasteiger partial charge in [0.05, 0.1) is 19.3 Å². The zero-order valence-electron chi connectivity index (χ0n) is 11.0. The molecule has 0 saturated carbocycles. The SMILES string of the molecule is CCCCCC(O)C(C)(C)N1CCOCC1. The van der Waals surface area contributed by atoms with Crippen molar-refractivity contribution in [3.63, 3.8) is 0 Å². The molecule has 0 bridgehead atoms. The summed E-state index contributed by atoms with van der Waals surface area (Å²) >= 11 is 0. The number of hydrogen-bond acceptors (Lipinski definition) is 3. The highest BCUT2D eigenvalue weighted by atomic mass is 16.5. The van der Waals surface area contributed by atoms with Crippen molar-refractivity contribution in [2.24, 2.45) is 0 Å². The van der Waals surface area contributed by atoms with Crippen LogP contribution in [0.15, 0.2) is 0 Å². The average molecular weight is 229 g/mol. The van der Waals surface area contributed by atoms with Crippen LogP contribution in [-0.2, 0) is 4.74 Å². The first kappa shape index (κ1) is 13.9. The van der Waals surface area contributed by atoms with Gasteiger partial charge in [-0.2, -0.15) is 0 Å². The van der Waals surface area contributed by atoms with Gasteiger partial charge in [-0.15, -0.1) is 0 Å². The van der Waals surface area contributed by atoms with Crippen LogP contribution < -0.4 is 0 Å². The molecule has 96 valence electrons. The summed E-state index contributed by atoms with van der Waals surface area (Å²) in [5.41, 5.74) is -0.114. The molecule has 1 heterocycles. The smallest absolute Gasteiger partial charge is 0.0718 e. The average Bonchev–Trinajstić information content (AvgIpc) is 2.30. The number of rotatable bonds is 6. The Bertz CT molecular complexity index is 188. The zero-order valence-corrected chi connectivity index (χ0v) is 11.0. The van der Waals surface area contributed by atoms with E-state index in [4.69, 9.17) is 4.74 Å². The van der Waals surface area contributed by atoms with Crippen molar-refractivity contribution < 1.29 is 9.84 Å². The van der Waals surface area contributed by atoms with E-state index in [-0.39, 0.29) is 11.6 Å². The van der Waals surface area contributed by atoms with Crippen molar-refractivity contribution >= 4 is 0 Å². The molecule has 1 N–H and O–H groups in total. The molecule has 1 unspecified atom stereocenters. The summed E-state index contributed by atoms with van der Waals surface area (Å²) in [4.78, 5) is 2.35. The molecule has 16 heavy (non-hydrogen) atoms. The molecule has 1 rings (SSSR count). The molecule has 0 aliphatic carbocycles. The minimum Gasteiger partial charge on any atom is -0.391 e. The van der Waals surface area contributed by atoms with Crippen LogP contribution >= 0.6 is 0 Å². The fourth-order valence-electron chi connectivity index (χ4n) is 2.29. The van der Waals surface area contributed by atoms with Gasteiger partial charge in [-0.1, -0.05) is 26.2 Å². The molecule has 1 aliphatic rings. The fourth-order valence-corrected chi connectivity index (χ4v) is 2.29. The van der Waals surface area contributed by atoms with Crippen LogP contribution in [0.25, 0.3) is 0 Å². The van der Waals surface area contributed by atoms with Crippen molar-refractivity contribution in [3.05, 3.63) is 0 Å². The molecule has 1 fully saturated rings. The molecule has 0 spiro atoms. The van der Waals surface area contributed by atoms with Crippen molar-refractivity contribution in [2.45, 2.75) is 58.1 Å². The summed E-state index contributed by atoms with van der Waals surface area (Å²) in [7, 11) is 0. The van der Waals surface area contributed by atoms with Gasteiger partial charge in [0.15, 0.2) is 0 Å². The molecule has 3 heteroatoms. The van der Waals surface area contributed by atoms with E-state index in [0.717, 1.165) is 39.1 Å². The monoisotopic (exact) mass is 229 g/mol. The van der Waals surface area contributed by atoms with Crippen molar-refractivity contribution in [3.8, 4) is 0 Å². The minimum atomic E-state index is -0.225. The summed E-state index contributed by atoms with van der Waals surface area (Å²) in [6, 6.07) is 0. The van der Waals surface area contributed by atoms with Crippen molar-refractivity contribution in [2.75, 3.05) is 26.3 Å². The molecule has 0 radical (unpaired) electrons. The first-order chi connectivity index (χ1) is 7.59. The van der Waals surface area contributed by atoms with E-state index in [1.807, 2.05) is 0 Å². The van der Waals surface area contributed by atoms with E-state index in [9.17, 15) is 5.11 Å². The van der Waals surface area contributed by atoms with E-state index in [1.165, 1.54) is 12.8 Å². The van der Waals surface area contributed by atoms with E-state index in [0.29, 0.717) is 0 Å². The Morgan fingerprint density at radius 2 is 1.88 bits per heavy atom. The van der Waals surface area contributed by atoms with Gasteiger partial charge < -0.3 is 9.84 Å². The maximum Gasteiger partial charge on any atom is 0.0718 e. The predicted octanol–water partition coefficient (Wildman–Crippen LogP) is 2.04. The molecule has 0 aromatic carbocycles. The molecule has 0 aromatic heterocycles. The maximum absolute atomic E-state index is 10.3. The van der Waals surface area contributed by atoms with Gasteiger partial charge in [0.1, 0.15) is 0 Å². The van der Waals surface area contributed by atoms with Crippen LogP contribution in [0, 0.1) is 0 Å². The van der Waals surface area contributed by atoms with Crippen LogP contribution in [0.3, 0.4) is 0 Å². The van der Waals surface area contributed by atoms with Gasteiger partial charge in [0.2, 0.25) is 0 Å². The van der Waals surface area contributed by atoms with Gasteiger partial charge in [0, 0.05) is 18.6 Å². The van der Waals surface area contributed by atoms with Crippen LogP contribution in [0.5, 0.6) is 0 Å². The zero-order chi connectivity index (χ0) is 12.0. The largest absolute Gasteiger partial charge is 0.391 e. The first-order valence-electron chi connectivity index (χ1n) is 6.60. The Labute approximate surface area is 99.8 Å². The normalized spacial score (nSPS) is 21.0. The number of aliphatic hydroxyl groups excluding tert-OH is 1. The fraction of sp³-hybridized carbons (Fsp3) is 1.00. The summed E-state index contributed by atoms with van der Waals surface area (Å²) in [6.07, 6.45) is 4.25. The third-order valence-corrected chi connectivity index (χ3v) is 3.72. The van der Waals surface area contributed by atoms with E-state index >= 15 is 0 Å². The summed E-state index contributed by atoms with van der Waals surface area (Å²) in [6.45, 7) is 9.97. The number of unbranched alkanes of at least 4 members (excludes halogenated alkanes) is 2. The van der Waals surface area contributed by atoms with Gasteiger partial charge in [-0.25, -0.2) is 0 Å². The second kappa shape index (κ2) is 6.58. The third-order valence-electron chi connectivity index (χ3n) is 3.72. The lowest BCUT2D eigenvalue weighted by Crippen LogP contribution is -2.56. The quantitative estimate of drug-likeness (QED) is 0.707. The Balaban J connectivity index is 2.40. The number of ether oxygens (including phenoxy) is 1. The number of nitrogens with zero attached hydrogens (tertiary/aromatic N) is 1. The van der Waals surface area contributed by atoms with E-state index in [1.54, 1.807) is 0 Å². The summed E-state index contributed by atoms with van der Waals surface area (Å²) in [5, 5.41) is 10.3. The molecule has 0 aromatic rings. The number of hydrogen-bond donors (Lipinski definition) is 1. The highest BCUT2D eigenvalue weighted by Gasteiger charge is 2.34. The molecule has 1 aliphatic heterocycles. The summed E-state index contributed by atoms with van der Waals surface area (Å²) < 4.78 is 5.35. The topological polar surface area (TPSA) is 32.7 Å². The van der Waals surface area contributed by atoms with Crippen molar-refractivity contribution in [1.82, 2.24) is 4.90 Å². The predicted molar refractivity (Wildman–Crippen MR) is 66.6 cm³/mol. The number of morpholine rings is 1. The minimum absolute atomic E-state index is 0.114. The van der Waals surface area contributed by atoms with Gasteiger partial charge in [0.25, 0.3) is 0 Å². The Hall–Kier alpha value is -0.120. The van der Waals surface area contributed by atoms with Gasteiger partial charge >= 0.3 is 0 Å². The summed E-state index contributed by atoms with van der Waals surface area (Å²) in [5.74, 6) is 0. The number of aliphatic hydroxyl groups is 1. The molecular weight excluding hydrogens is 202 g/mol. The van der Waals surface area contributed by atoms with Gasteiger partial charge in [-0.05, 0) is 20.3 Å². The standard InChI is InChI=1S/C13H27NO2/c1-4-5-6-7-12(15)13(2,3)14-8-10-16-11-9-14/h12,15H,4-11H2,1-3H3. The molecule has 1 atom stereocenters.